The molecule has 148 valence electrons. The van der Waals surface area contributed by atoms with Gasteiger partial charge in [0.1, 0.15) is 11.6 Å². The molecule has 1 amide bonds. The van der Waals surface area contributed by atoms with Crippen LogP contribution in [0.3, 0.4) is 0 Å². The van der Waals surface area contributed by atoms with E-state index in [1.807, 2.05) is 24.3 Å². The number of aromatic nitrogens is 1. The summed E-state index contributed by atoms with van der Waals surface area (Å²) in [6, 6.07) is 13.1. The first kappa shape index (κ1) is 20.2. The maximum Gasteiger partial charge on any atom is 0.326 e. The highest BCUT2D eigenvalue weighted by Gasteiger charge is 2.23. The fourth-order valence-corrected chi connectivity index (χ4v) is 2.97. The van der Waals surface area contributed by atoms with Crippen molar-refractivity contribution in [2.75, 3.05) is 0 Å². The number of carbonyl (C=O) groups is 2. The second kappa shape index (κ2) is 8.21. The van der Waals surface area contributed by atoms with Gasteiger partial charge in [0, 0.05) is 29.1 Å². The zero-order valence-corrected chi connectivity index (χ0v) is 16.2. The minimum absolute atomic E-state index is 0.141. The number of H-pyrrole nitrogens is 1. The lowest BCUT2D eigenvalue weighted by Crippen LogP contribution is -2.42. The summed E-state index contributed by atoms with van der Waals surface area (Å²) in [6.45, 7) is 3.09. The maximum absolute atomic E-state index is 12.8. The third-order valence-corrected chi connectivity index (χ3v) is 4.38. The molecule has 0 radical (unpaired) electrons. The van der Waals surface area contributed by atoms with E-state index in [1.165, 1.54) is 0 Å². The first-order valence-electron chi connectivity index (χ1n) is 9.18. The molecule has 0 aliphatic heterocycles. The van der Waals surface area contributed by atoms with E-state index in [4.69, 9.17) is 0 Å². The van der Waals surface area contributed by atoms with Gasteiger partial charge in [-0.15, -0.1) is 0 Å². The van der Waals surface area contributed by atoms with E-state index in [1.54, 1.807) is 44.3 Å². The first-order valence-corrected chi connectivity index (χ1v) is 9.18. The molecule has 1 aromatic heterocycles. The van der Waals surface area contributed by atoms with Crippen molar-refractivity contribution >= 4 is 22.8 Å². The summed E-state index contributed by atoms with van der Waals surface area (Å²) in [7, 11) is 0. The second-order valence-corrected chi connectivity index (χ2v) is 7.28. The van der Waals surface area contributed by atoms with Gasteiger partial charge in [-0.3, -0.25) is 4.79 Å². The van der Waals surface area contributed by atoms with Crippen molar-refractivity contribution in [3.8, 4) is 11.8 Å². The molecule has 3 aromatic rings. The monoisotopic (exact) mass is 390 g/mol. The van der Waals surface area contributed by atoms with Gasteiger partial charge in [-0.2, -0.15) is 0 Å². The van der Waals surface area contributed by atoms with E-state index in [0.717, 1.165) is 16.5 Å². The molecule has 0 aliphatic rings. The summed E-state index contributed by atoms with van der Waals surface area (Å²) in [5.41, 5.74) is 1.19. The number of hydrogen-bond acceptors (Lipinski definition) is 3. The van der Waals surface area contributed by atoms with Crippen LogP contribution in [-0.2, 0) is 11.2 Å². The smallest absolute Gasteiger partial charge is 0.326 e. The molecule has 4 N–H and O–H groups in total. The van der Waals surface area contributed by atoms with Crippen LogP contribution in [-0.4, -0.2) is 38.7 Å². The SMILES string of the molecule is CC(C)(O)C#Cc1ccccc1C(=O)N[C@H](Cc1c[nH]c2ccccc12)C(=O)O. The Morgan fingerprint density at radius 3 is 2.55 bits per heavy atom. The third kappa shape index (κ3) is 5.03. The van der Waals surface area contributed by atoms with E-state index in [0.29, 0.717) is 5.56 Å². The van der Waals surface area contributed by atoms with E-state index >= 15 is 0 Å². The fraction of sp³-hybridized carbons (Fsp3) is 0.217. The molecule has 0 aliphatic carbocycles. The number of aromatic amines is 1. The number of nitrogens with one attached hydrogen (secondary N) is 2. The lowest BCUT2D eigenvalue weighted by molar-refractivity contribution is -0.139. The number of carbonyl (C=O) groups excluding carboxylic acids is 1. The molecule has 0 unspecified atom stereocenters. The number of rotatable bonds is 5. The number of hydrogen-bond donors (Lipinski definition) is 4. The van der Waals surface area contributed by atoms with Crippen LogP contribution in [0.2, 0.25) is 0 Å². The lowest BCUT2D eigenvalue weighted by atomic mass is 10.0. The van der Waals surface area contributed by atoms with Gasteiger partial charge in [-0.1, -0.05) is 42.2 Å². The van der Waals surface area contributed by atoms with Crippen LogP contribution in [0.4, 0.5) is 0 Å². The molecule has 1 heterocycles. The highest BCUT2D eigenvalue weighted by Crippen LogP contribution is 2.19. The quantitative estimate of drug-likeness (QED) is 0.503. The number of carboxylic acids is 1. The van der Waals surface area contributed by atoms with Crippen molar-refractivity contribution in [2.24, 2.45) is 0 Å². The molecule has 3 rings (SSSR count). The molecule has 0 saturated heterocycles. The van der Waals surface area contributed by atoms with Crippen LogP contribution in [0.25, 0.3) is 10.9 Å². The second-order valence-electron chi connectivity index (χ2n) is 7.28. The summed E-state index contributed by atoms with van der Waals surface area (Å²) >= 11 is 0. The molecule has 0 saturated carbocycles. The molecule has 0 spiro atoms. The van der Waals surface area contributed by atoms with Gasteiger partial charge in [0.25, 0.3) is 5.91 Å². The Kier molecular flexibility index (Phi) is 5.71. The van der Waals surface area contributed by atoms with Crippen LogP contribution >= 0.6 is 0 Å². The minimum atomic E-state index is -1.21. The average molecular weight is 390 g/mol. The van der Waals surface area contributed by atoms with Gasteiger partial charge in [0.05, 0.1) is 5.56 Å². The average Bonchev–Trinajstić information content (AvgIpc) is 3.08. The Bertz CT molecular complexity index is 1110. The molecular formula is C23H22N2O4. The summed E-state index contributed by atoms with van der Waals surface area (Å²) in [5.74, 6) is 3.81. The Labute approximate surface area is 168 Å². The van der Waals surface area contributed by atoms with E-state index in [2.05, 4.69) is 22.1 Å². The number of benzene rings is 2. The van der Waals surface area contributed by atoms with Crippen molar-refractivity contribution in [3.05, 3.63) is 71.4 Å². The van der Waals surface area contributed by atoms with Crippen molar-refractivity contribution in [3.63, 3.8) is 0 Å². The Hall–Kier alpha value is -3.56. The van der Waals surface area contributed by atoms with E-state index in [9.17, 15) is 19.8 Å². The highest BCUT2D eigenvalue weighted by molar-refractivity contribution is 5.99. The van der Waals surface area contributed by atoms with Gasteiger partial charge < -0.3 is 20.5 Å². The zero-order chi connectivity index (χ0) is 21.0. The molecule has 6 nitrogen and oxygen atoms in total. The number of aliphatic carboxylic acids is 1. The summed E-state index contributed by atoms with van der Waals surface area (Å²) < 4.78 is 0. The molecule has 2 aromatic carbocycles. The largest absolute Gasteiger partial charge is 0.480 e. The summed E-state index contributed by atoms with van der Waals surface area (Å²) in [5, 5.41) is 22.9. The Balaban J connectivity index is 1.84. The van der Waals surface area contributed by atoms with Gasteiger partial charge in [0.2, 0.25) is 0 Å². The van der Waals surface area contributed by atoms with Crippen LogP contribution in [0.5, 0.6) is 0 Å². The number of fused-ring (bicyclic) bond motifs is 1. The lowest BCUT2D eigenvalue weighted by Gasteiger charge is -2.15. The number of amides is 1. The van der Waals surface area contributed by atoms with Gasteiger partial charge >= 0.3 is 5.97 Å². The van der Waals surface area contributed by atoms with Crippen molar-refractivity contribution in [1.82, 2.24) is 10.3 Å². The molecule has 6 heteroatoms. The molecular weight excluding hydrogens is 368 g/mol. The van der Waals surface area contributed by atoms with E-state index in [-0.39, 0.29) is 12.0 Å². The van der Waals surface area contributed by atoms with Gasteiger partial charge in [0.15, 0.2) is 0 Å². The normalized spacial score (nSPS) is 12.1. The number of para-hydroxylation sites is 1. The Morgan fingerprint density at radius 1 is 1.14 bits per heavy atom. The van der Waals surface area contributed by atoms with Crippen LogP contribution in [0.15, 0.2) is 54.7 Å². The Morgan fingerprint density at radius 2 is 1.83 bits per heavy atom. The molecule has 0 fully saturated rings. The molecule has 0 bridgehead atoms. The third-order valence-electron chi connectivity index (χ3n) is 4.38. The van der Waals surface area contributed by atoms with Crippen LogP contribution in [0, 0.1) is 11.8 Å². The van der Waals surface area contributed by atoms with E-state index < -0.39 is 23.5 Å². The minimum Gasteiger partial charge on any atom is -0.480 e. The first-order chi connectivity index (χ1) is 13.7. The number of carboxylic acid groups (broad SMARTS) is 1. The summed E-state index contributed by atoms with van der Waals surface area (Å²) in [6.07, 6.45) is 1.90. The summed E-state index contributed by atoms with van der Waals surface area (Å²) in [4.78, 5) is 27.7. The highest BCUT2D eigenvalue weighted by atomic mass is 16.4. The van der Waals surface area contributed by atoms with Crippen LogP contribution < -0.4 is 5.32 Å². The number of aliphatic hydroxyl groups is 1. The molecule has 29 heavy (non-hydrogen) atoms. The topological polar surface area (TPSA) is 102 Å². The standard InChI is InChI=1S/C23H22N2O4/c1-23(2,29)12-11-15-7-3-4-9-18(15)21(26)25-20(22(27)28)13-16-14-24-19-10-6-5-8-17(16)19/h3-10,14,20,24,29H,13H2,1-2H3,(H,25,26)(H,27,28)/t20-/m1/s1. The van der Waals surface area contributed by atoms with Crippen molar-refractivity contribution in [2.45, 2.75) is 31.9 Å². The predicted molar refractivity (Wildman–Crippen MR) is 111 cm³/mol. The van der Waals surface area contributed by atoms with Gasteiger partial charge in [-0.05, 0) is 37.6 Å². The maximum atomic E-state index is 12.8. The fourth-order valence-electron chi connectivity index (χ4n) is 2.97. The van der Waals surface area contributed by atoms with Crippen LogP contribution in [0.1, 0.15) is 35.3 Å². The zero-order valence-electron chi connectivity index (χ0n) is 16.2. The molecule has 1 atom stereocenters. The predicted octanol–water partition coefficient (Wildman–Crippen LogP) is 2.72. The van der Waals surface area contributed by atoms with Gasteiger partial charge in [-0.25, -0.2) is 4.79 Å². The van der Waals surface area contributed by atoms with Crippen molar-refractivity contribution in [1.29, 1.82) is 0 Å². The van der Waals surface area contributed by atoms with Crippen molar-refractivity contribution < 1.29 is 19.8 Å².